The predicted octanol–water partition coefficient (Wildman–Crippen LogP) is 3.44. The highest BCUT2D eigenvalue weighted by Crippen LogP contribution is 2.06. The fourth-order valence-electron chi connectivity index (χ4n) is 2.02. The van der Waals surface area contributed by atoms with E-state index >= 15 is 0 Å². The number of benzene rings is 2. The van der Waals surface area contributed by atoms with Gasteiger partial charge in [-0.1, -0.05) is 84.6 Å². The first kappa shape index (κ1) is 15.3. The lowest BCUT2D eigenvalue weighted by molar-refractivity contribution is -0.139. The topological polar surface area (TPSA) is 26.3 Å². The van der Waals surface area contributed by atoms with Gasteiger partial charge in [-0.25, -0.2) is 4.79 Å². The third-order valence-corrected chi connectivity index (χ3v) is 6.20. The summed E-state index contributed by atoms with van der Waals surface area (Å²) < 4.78 is 5.26. The van der Waals surface area contributed by atoms with Gasteiger partial charge in [0, 0.05) is 6.08 Å². The Morgan fingerprint density at radius 1 is 1.00 bits per heavy atom. The van der Waals surface area contributed by atoms with Crippen LogP contribution < -0.4 is 5.19 Å². The molecule has 0 saturated carbocycles. The van der Waals surface area contributed by atoms with Gasteiger partial charge in [-0.3, -0.25) is 0 Å². The van der Waals surface area contributed by atoms with Crippen molar-refractivity contribution >= 4 is 19.2 Å². The molecule has 0 unspecified atom stereocenters. The Balaban J connectivity index is 1.93. The van der Waals surface area contributed by atoms with E-state index in [2.05, 4.69) is 25.2 Å². The third-order valence-electron chi connectivity index (χ3n) is 3.38. The van der Waals surface area contributed by atoms with E-state index in [4.69, 9.17) is 4.74 Å². The van der Waals surface area contributed by atoms with Gasteiger partial charge in [0.2, 0.25) is 0 Å². The van der Waals surface area contributed by atoms with Gasteiger partial charge in [0.25, 0.3) is 0 Å². The molecular weight excluding hydrogens is 276 g/mol. The van der Waals surface area contributed by atoms with Crippen molar-refractivity contribution in [2.24, 2.45) is 0 Å². The number of esters is 1. The van der Waals surface area contributed by atoms with Gasteiger partial charge in [0.1, 0.15) is 14.7 Å². The highest BCUT2D eigenvalue weighted by Gasteiger charge is 2.19. The fourth-order valence-corrected chi connectivity index (χ4v) is 3.81. The van der Waals surface area contributed by atoms with Crippen LogP contribution in [0.2, 0.25) is 13.1 Å². The quantitative estimate of drug-likeness (QED) is 0.480. The summed E-state index contributed by atoms with van der Waals surface area (Å²) in [6, 6.07) is 20.0. The third kappa shape index (κ3) is 4.72. The maximum Gasteiger partial charge on any atom is 0.330 e. The van der Waals surface area contributed by atoms with Crippen molar-refractivity contribution in [1.29, 1.82) is 0 Å². The average molecular weight is 296 g/mol. The van der Waals surface area contributed by atoms with Crippen molar-refractivity contribution in [3.8, 4) is 0 Å². The molecule has 108 valence electrons. The molecule has 0 atom stereocenters. The van der Waals surface area contributed by atoms with E-state index in [1.165, 1.54) is 5.19 Å². The molecule has 0 aromatic heterocycles. The Morgan fingerprint density at radius 2 is 1.57 bits per heavy atom. The van der Waals surface area contributed by atoms with Crippen molar-refractivity contribution in [2.75, 3.05) is 0 Å². The van der Waals surface area contributed by atoms with Crippen LogP contribution in [0.3, 0.4) is 0 Å². The molecule has 0 heterocycles. The summed E-state index contributed by atoms with van der Waals surface area (Å²) in [5, 5.41) is 1.30. The fraction of sp³-hybridized carbons (Fsp3) is 0.167. The molecule has 0 radical (unpaired) electrons. The zero-order valence-corrected chi connectivity index (χ0v) is 13.5. The lowest BCUT2D eigenvalue weighted by Gasteiger charge is -2.17. The lowest BCUT2D eigenvalue weighted by atomic mass is 10.2. The predicted molar refractivity (Wildman–Crippen MR) is 88.9 cm³/mol. The van der Waals surface area contributed by atoms with Crippen LogP contribution in [0, 0.1) is 0 Å². The van der Waals surface area contributed by atoms with Crippen LogP contribution in [0.4, 0.5) is 0 Å². The number of rotatable bonds is 5. The Bertz CT molecular complexity index is 604. The van der Waals surface area contributed by atoms with Crippen molar-refractivity contribution in [1.82, 2.24) is 0 Å². The number of hydrogen-bond acceptors (Lipinski definition) is 2. The van der Waals surface area contributed by atoms with Crippen LogP contribution in [0.1, 0.15) is 5.56 Å². The van der Waals surface area contributed by atoms with Gasteiger partial charge in [0.15, 0.2) is 0 Å². The smallest absolute Gasteiger partial charge is 0.330 e. The van der Waals surface area contributed by atoms with E-state index < -0.39 is 8.07 Å². The molecule has 2 rings (SSSR count). The standard InChI is InChI=1S/C18H20O2Si/c1-21(2,17-11-7-4-8-12-17)14-13-18(19)20-15-16-9-5-3-6-10-16/h3-14H,15H2,1-2H3. The number of carbonyl (C=O) groups excluding carboxylic acids is 1. The van der Waals surface area contributed by atoms with Crippen LogP contribution in [-0.4, -0.2) is 14.0 Å². The lowest BCUT2D eigenvalue weighted by Crippen LogP contribution is -2.39. The molecule has 0 aliphatic heterocycles. The highest BCUT2D eigenvalue weighted by molar-refractivity contribution is 6.94. The van der Waals surface area contributed by atoms with Crippen molar-refractivity contribution in [3.05, 3.63) is 78.0 Å². The SMILES string of the molecule is C[Si](C)(C=CC(=O)OCc1ccccc1)c1ccccc1. The minimum Gasteiger partial charge on any atom is -0.458 e. The van der Waals surface area contributed by atoms with Crippen LogP contribution >= 0.6 is 0 Å². The van der Waals surface area contributed by atoms with Gasteiger partial charge >= 0.3 is 5.97 Å². The Hall–Kier alpha value is -2.13. The van der Waals surface area contributed by atoms with Crippen molar-refractivity contribution in [3.63, 3.8) is 0 Å². The Morgan fingerprint density at radius 3 is 2.19 bits per heavy atom. The van der Waals surface area contributed by atoms with Crippen LogP contribution in [0.15, 0.2) is 72.4 Å². The number of carbonyl (C=O) groups is 1. The summed E-state index contributed by atoms with van der Waals surface area (Å²) in [7, 11) is -1.73. The van der Waals surface area contributed by atoms with Gasteiger partial charge in [-0.15, -0.1) is 0 Å². The van der Waals surface area contributed by atoms with E-state index in [1.807, 2.05) is 54.2 Å². The molecule has 3 heteroatoms. The molecule has 0 amide bonds. The molecule has 21 heavy (non-hydrogen) atoms. The second kappa shape index (κ2) is 7.04. The van der Waals surface area contributed by atoms with Gasteiger partial charge in [0.05, 0.1) is 0 Å². The average Bonchev–Trinajstić information content (AvgIpc) is 2.53. The van der Waals surface area contributed by atoms with Gasteiger partial charge in [-0.05, 0) is 5.56 Å². The molecule has 0 spiro atoms. The second-order valence-corrected chi connectivity index (χ2v) is 9.87. The molecule has 0 saturated heterocycles. The molecule has 0 aliphatic carbocycles. The minimum absolute atomic E-state index is 0.282. The summed E-state index contributed by atoms with van der Waals surface area (Å²) in [5.74, 6) is -0.282. The number of hydrogen-bond donors (Lipinski definition) is 0. The van der Waals surface area contributed by atoms with E-state index in [-0.39, 0.29) is 5.97 Å². The summed E-state index contributed by atoms with van der Waals surface area (Å²) in [5.41, 5.74) is 3.02. The molecule has 2 aromatic rings. The first-order valence-corrected chi connectivity index (χ1v) is 10.1. The van der Waals surface area contributed by atoms with Crippen molar-refractivity contribution < 1.29 is 9.53 Å². The van der Waals surface area contributed by atoms with Gasteiger partial charge < -0.3 is 4.74 Å². The molecular formula is C18H20O2Si. The highest BCUT2D eigenvalue weighted by atomic mass is 28.3. The van der Waals surface area contributed by atoms with E-state index in [0.29, 0.717) is 6.61 Å². The van der Waals surface area contributed by atoms with Gasteiger partial charge in [-0.2, -0.15) is 0 Å². The van der Waals surface area contributed by atoms with E-state index in [9.17, 15) is 4.79 Å². The monoisotopic (exact) mass is 296 g/mol. The summed E-state index contributed by atoms with van der Waals surface area (Å²) in [6.45, 7) is 4.74. The van der Waals surface area contributed by atoms with E-state index in [0.717, 1.165) is 5.56 Å². The van der Waals surface area contributed by atoms with Crippen LogP contribution in [0.5, 0.6) is 0 Å². The summed E-state index contributed by atoms with van der Waals surface area (Å²) in [6.07, 6.45) is 1.57. The summed E-state index contributed by atoms with van der Waals surface area (Å²) >= 11 is 0. The first-order valence-electron chi connectivity index (χ1n) is 7.03. The zero-order valence-electron chi connectivity index (χ0n) is 12.5. The maximum atomic E-state index is 11.8. The Kier molecular flexibility index (Phi) is 5.12. The molecule has 2 aromatic carbocycles. The van der Waals surface area contributed by atoms with Crippen LogP contribution in [0.25, 0.3) is 0 Å². The largest absolute Gasteiger partial charge is 0.458 e. The van der Waals surface area contributed by atoms with E-state index in [1.54, 1.807) is 6.08 Å². The van der Waals surface area contributed by atoms with Crippen molar-refractivity contribution in [2.45, 2.75) is 19.7 Å². The maximum absolute atomic E-state index is 11.8. The van der Waals surface area contributed by atoms with Crippen LogP contribution in [-0.2, 0) is 16.1 Å². The second-order valence-electron chi connectivity index (χ2n) is 5.51. The molecule has 0 fully saturated rings. The normalized spacial score (nSPS) is 11.5. The molecule has 0 aliphatic rings. The molecule has 0 bridgehead atoms. The summed E-state index contributed by atoms with van der Waals surface area (Å²) in [4.78, 5) is 11.8. The Labute approximate surface area is 127 Å². The zero-order chi connectivity index (χ0) is 15.1. The molecule has 0 N–H and O–H groups in total. The first-order chi connectivity index (χ1) is 10.1. The number of ether oxygens (including phenoxy) is 1. The minimum atomic E-state index is -1.73. The molecule has 2 nitrogen and oxygen atoms in total.